The molecule has 35 heavy (non-hydrogen) atoms. The fourth-order valence-electron chi connectivity index (χ4n) is 3.85. The molecule has 0 saturated carbocycles. The van der Waals surface area contributed by atoms with Crippen molar-refractivity contribution >= 4 is 27.7 Å². The molecule has 0 unspecified atom stereocenters. The van der Waals surface area contributed by atoms with Crippen LogP contribution in [-0.2, 0) is 26.0 Å². The van der Waals surface area contributed by atoms with Crippen LogP contribution in [-0.4, -0.2) is 72.4 Å². The zero-order valence-corrected chi connectivity index (χ0v) is 22.0. The van der Waals surface area contributed by atoms with Gasteiger partial charge in [0.05, 0.1) is 12.2 Å². The molecule has 0 aromatic heterocycles. The summed E-state index contributed by atoms with van der Waals surface area (Å²) in [4.78, 5) is 23.3. The number of sulfonamides is 1. The Kier molecular flexibility index (Phi) is 14.2. The number of aliphatic carboxylic acids is 1. The Bertz CT molecular complexity index is 891. The summed E-state index contributed by atoms with van der Waals surface area (Å²) >= 11 is 0. The fraction of sp³-hybridized carbons (Fsp3) is 0.640. The van der Waals surface area contributed by atoms with E-state index in [1.807, 2.05) is 0 Å². The first kappa shape index (κ1) is 30.6. The van der Waals surface area contributed by atoms with Crippen LogP contribution in [0, 0.1) is 5.41 Å². The lowest BCUT2D eigenvalue weighted by Gasteiger charge is -2.34. The van der Waals surface area contributed by atoms with Crippen molar-refractivity contribution < 1.29 is 23.1 Å². The molecule has 198 valence electrons. The molecular formula is C25H42N4O5S. The van der Waals surface area contributed by atoms with Gasteiger partial charge in [-0.2, -0.15) is 4.31 Å². The summed E-state index contributed by atoms with van der Waals surface area (Å²) in [5.41, 5.74) is 6.94. The number of carboxylic acids is 1. The molecule has 9 nitrogen and oxygen atoms in total. The summed E-state index contributed by atoms with van der Waals surface area (Å²) in [5.74, 6) is -0.629. The third-order valence-corrected chi connectivity index (χ3v) is 7.82. The molecule has 1 aliphatic heterocycles. The Morgan fingerprint density at radius 2 is 1.43 bits per heavy atom. The zero-order chi connectivity index (χ0) is 26.3. The maximum absolute atomic E-state index is 12.6. The Labute approximate surface area is 210 Å². The van der Waals surface area contributed by atoms with Crippen LogP contribution in [0.1, 0.15) is 76.3 Å². The Morgan fingerprint density at radius 3 is 1.91 bits per heavy atom. The van der Waals surface area contributed by atoms with E-state index in [2.05, 4.69) is 6.92 Å². The molecular weight excluding hydrogens is 468 g/mol. The Hall–Kier alpha value is -2.46. The molecule has 0 radical (unpaired) electrons. The van der Waals surface area contributed by atoms with Crippen molar-refractivity contribution in [2.75, 3.05) is 31.9 Å². The second-order valence-electron chi connectivity index (χ2n) is 8.88. The number of hydrogen-bond acceptors (Lipinski definition) is 5. The number of carbonyl (C=O) groups is 2. The van der Waals surface area contributed by atoms with Gasteiger partial charge in [-0.15, -0.1) is 0 Å². The van der Waals surface area contributed by atoms with Gasteiger partial charge < -0.3 is 15.7 Å². The number of piperazine rings is 1. The molecule has 1 heterocycles. The number of nitrogen functional groups attached to an aromatic ring is 1. The largest absolute Gasteiger partial charge is 0.481 e. The summed E-state index contributed by atoms with van der Waals surface area (Å²) in [5, 5.41) is 14.8. The molecule has 1 amide bonds. The zero-order valence-electron chi connectivity index (χ0n) is 21.2. The number of nitrogens with two attached hydrogens (primary N) is 1. The van der Waals surface area contributed by atoms with Crippen molar-refractivity contribution in [3.05, 3.63) is 35.4 Å². The van der Waals surface area contributed by atoms with Gasteiger partial charge in [0.1, 0.15) is 5.84 Å². The van der Waals surface area contributed by atoms with Crippen LogP contribution >= 0.6 is 0 Å². The molecule has 1 aromatic carbocycles. The summed E-state index contributed by atoms with van der Waals surface area (Å²) in [6.45, 7) is 4.89. The normalized spacial score (nSPS) is 14.2. The van der Waals surface area contributed by atoms with E-state index in [9.17, 15) is 13.2 Å². The summed E-state index contributed by atoms with van der Waals surface area (Å²) in [7, 11) is -3.24. The number of nitrogens with zero attached hydrogens (tertiary/aromatic N) is 2. The highest BCUT2D eigenvalue weighted by atomic mass is 32.2. The number of rotatable bonds is 13. The van der Waals surface area contributed by atoms with Gasteiger partial charge in [-0.25, -0.2) is 8.42 Å². The van der Waals surface area contributed by atoms with Crippen LogP contribution in [0.3, 0.4) is 0 Å². The van der Waals surface area contributed by atoms with E-state index in [4.69, 9.17) is 21.0 Å². The molecule has 2 rings (SSSR count). The van der Waals surface area contributed by atoms with Gasteiger partial charge in [-0.3, -0.25) is 15.0 Å². The number of carbonyl (C=O) groups excluding carboxylic acids is 1. The second kappa shape index (κ2) is 16.3. The van der Waals surface area contributed by atoms with Crippen LogP contribution in [0.15, 0.2) is 24.3 Å². The maximum Gasteiger partial charge on any atom is 0.300 e. The number of amidine groups is 1. The molecule has 1 saturated heterocycles. The minimum Gasteiger partial charge on any atom is -0.481 e. The van der Waals surface area contributed by atoms with E-state index >= 15 is 0 Å². The summed E-state index contributed by atoms with van der Waals surface area (Å²) in [6, 6.07) is 7.08. The Balaban J connectivity index is 0.00000142. The molecule has 4 N–H and O–H groups in total. The minimum atomic E-state index is -3.24. The van der Waals surface area contributed by atoms with Crippen molar-refractivity contribution in [2.45, 2.75) is 71.6 Å². The minimum absolute atomic E-state index is 0.00202. The standard InChI is InChI=1S/C23H38N4O3S.C2H4O2/c1-2-3-4-5-6-7-8-9-18-31(29,30)27-16-14-26(15-17-27)22(28)19-20-10-12-21(13-11-20)23(24)25;1-2(3)4/h10-13H,2-9,14-19H2,1H3,(H3,24,25);1H3,(H,3,4). The molecule has 10 heteroatoms. The number of amides is 1. The van der Waals surface area contributed by atoms with Crippen LogP contribution in [0.2, 0.25) is 0 Å². The van der Waals surface area contributed by atoms with E-state index in [-0.39, 0.29) is 23.9 Å². The lowest BCUT2D eigenvalue weighted by atomic mass is 10.1. The Morgan fingerprint density at radius 1 is 0.943 bits per heavy atom. The summed E-state index contributed by atoms with van der Waals surface area (Å²) < 4.78 is 26.8. The van der Waals surface area contributed by atoms with E-state index < -0.39 is 16.0 Å². The van der Waals surface area contributed by atoms with Crippen molar-refractivity contribution in [3.63, 3.8) is 0 Å². The van der Waals surface area contributed by atoms with E-state index in [0.29, 0.717) is 38.2 Å². The third-order valence-electron chi connectivity index (χ3n) is 5.86. The maximum atomic E-state index is 12.6. The average molecular weight is 511 g/mol. The predicted octanol–water partition coefficient (Wildman–Crippen LogP) is 3.22. The van der Waals surface area contributed by atoms with E-state index in [1.165, 1.54) is 32.1 Å². The first-order valence-electron chi connectivity index (χ1n) is 12.4. The fourth-order valence-corrected chi connectivity index (χ4v) is 5.40. The molecule has 0 atom stereocenters. The average Bonchev–Trinajstić information content (AvgIpc) is 2.81. The van der Waals surface area contributed by atoms with Crippen molar-refractivity contribution in [1.29, 1.82) is 5.41 Å². The monoisotopic (exact) mass is 510 g/mol. The van der Waals surface area contributed by atoms with Crippen LogP contribution in [0.5, 0.6) is 0 Å². The van der Waals surface area contributed by atoms with Gasteiger partial charge in [0.25, 0.3) is 5.97 Å². The van der Waals surface area contributed by atoms with Gasteiger partial charge in [0.2, 0.25) is 15.9 Å². The third kappa shape index (κ3) is 12.7. The highest BCUT2D eigenvalue weighted by Gasteiger charge is 2.28. The first-order valence-corrected chi connectivity index (χ1v) is 14.1. The van der Waals surface area contributed by atoms with Gasteiger partial charge in [-0.1, -0.05) is 76.1 Å². The van der Waals surface area contributed by atoms with Crippen LogP contribution < -0.4 is 5.73 Å². The second-order valence-corrected chi connectivity index (χ2v) is 11.0. The van der Waals surface area contributed by atoms with Gasteiger partial charge in [0, 0.05) is 38.7 Å². The number of benzene rings is 1. The van der Waals surface area contributed by atoms with Gasteiger partial charge in [0.15, 0.2) is 0 Å². The highest BCUT2D eigenvalue weighted by Crippen LogP contribution is 2.14. The van der Waals surface area contributed by atoms with Crippen molar-refractivity contribution in [1.82, 2.24) is 9.21 Å². The lowest BCUT2D eigenvalue weighted by Crippen LogP contribution is -2.51. The quantitative estimate of drug-likeness (QED) is 0.211. The van der Waals surface area contributed by atoms with Crippen molar-refractivity contribution in [2.24, 2.45) is 5.73 Å². The summed E-state index contributed by atoms with van der Waals surface area (Å²) in [6.07, 6.45) is 9.30. The topological polar surface area (TPSA) is 145 Å². The van der Waals surface area contributed by atoms with Crippen LogP contribution in [0.4, 0.5) is 0 Å². The van der Waals surface area contributed by atoms with Crippen LogP contribution in [0.25, 0.3) is 0 Å². The molecule has 0 spiro atoms. The number of carboxylic acid groups (broad SMARTS) is 1. The molecule has 0 aliphatic carbocycles. The van der Waals surface area contributed by atoms with E-state index in [1.54, 1.807) is 33.5 Å². The van der Waals surface area contributed by atoms with Crippen molar-refractivity contribution in [3.8, 4) is 0 Å². The number of hydrogen-bond donors (Lipinski definition) is 3. The molecule has 1 aliphatic rings. The molecule has 1 aromatic rings. The molecule has 0 bridgehead atoms. The SMILES string of the molecule is CC(=O)O.CCCCCCCCCCS(=O)(=O)N1CCN(C(=O)Cc2ccc(C(=N)N)cc2)CC1. The van der Waals surface area contributed by atoms with Gasteiger partial charge in [-0.05, 0) is 12.0 Å². The number of unbranched alkanes of at least 4 members (excludes halogenated alkanes) is 7. The van der Waals surface area contributed by atoms with Gasteiger partial charge >= 0.3 is 0 Å². The lowest BCUT2D eigenvalue weighted by molar-refractivity contribution is -0.134. The predicted molar refractivity (Wildman–Crippen MR) is 139 cm³/mol. The first-order chi connectivity index (χ1) is 16.6. The highest BCUT2D eigenvalue weighted by molar-refractivity contribution is 7.89. The molecule has 1 fully saturated rings. The van der Waals surface area contributed by atoms with E-state index in [0.717, 1.165) is 25.3 Å². The smallest absolute Gasteiger partial charge is 0.300 e. The number of nitrogens with one attached hydrogen (secondary N) is 1.